The van der Waals surface area contributed by atoms with E-state index in [2.05, 4.69) is 6.92 Å². The quantitative estimate of drug-likeness (QED) is 0.583. The Labute approximate surface area is 151 Å². The number of unbranched alkanes of at least 4 members (excludes halogenated alkanes) is 2. The number of aromatic hydroxyl groups is 1. The fraction of sp³-hybridized carbons (Fsp3) is 0.300. The molecule has 0 spiro atoms. The number of carbonyl (C=O) groups is 2. The zero-order valence-corrected chi connectivity index (χ0v) is 14.5. The summed E-state index contributed by atoms with van der Waals surface area (Å²) < 4.78 is 5.16. The van der Waals surface area contributed by atoms with Crippen molar-refractivity contribution >= 4 is 11.7 Å². The molecule has 2 N–H and O–H groups in total. The molecule has 1 unspecified atom stereocenters. The van der Waals surface area contributed by atoms with E-state index in [0.29, 0.717) is 12.1 Å². The van der Waals surface area contributed by atoms with Gasteiger partial charge in [0, 0.05) is 6.54 Å². The normalized spacial score (nSPS) is 17.2. The first-order chi connectivity index (χ1) is 12.5. The average molecular weight is 355 g/mol. The Bertz CT molecular complexity index is 838. The Kier molecular flexibility index (Phi) is 5.11. The third-order valence-electron chi connectivity index (χ3n) is 4.48. The summed E-state index contributed by atoms with van der Waals surface area (Å²) in [6.45, 7) is 2.46. The van der Waals surface area contributed by atoms with Crippen LogP contribution in [-0.2, 0) is 4.79 Å². The number of hydrogen-bond acceptors (Lipinski definition) is 5. The van der Waals surface area contributed by atoms with Crippen LogP contribution in [0.3, 0.4) is 0 Å². The number of benzene rings is 1. The Morgan fingerprint density at radius 3 is 2.65 bits per heavy atom. The summed E-state index contributed by atoms with van der Waals surface area (Å²) in [6.07, 6.45) is 4.03. The number of phenolic OH excluding ortho intramolecular Hbond substituents is 1. The molecule has 0 saturated heterocycles. The molecule has 3 rings (SSSR count). The lowest BCUT2D eigenvalue weighted by atomic mass is 9.95. The second kappa shape index (κ2) is 7.47. The second-order valence-electron chi connectivity index (χ2n) is 6.27. The van der Waals surface area contributed by atoms with Crippen LogP contribution in [0.1, 0.15) is 48.3 Å². The third kappa shape index (κ3) is 3.22. The molecule has 2 heterocycles. The molecule has 0 radical (unpaired) electrons. The van der Waals surface area contributed by atoms with Crippen LogP contribution in [0.25, 0.3) is 0 Å². The van der Waals surface area contributed by atoms with Crippen molar-refractivity contribution < 1.29 is 24.2 Å². The number of phenols is 1. The summed E-state index contributed by atoms with van der Waals surface area (Å²) in [5.41, 5.74) is 0.542. The zero-order chi connectivity index (χ0) is 18.7. The number of amides is 1. The topological polar surface area (TPSA) is 91.0 Å². The van der Waals surface area contributed by atoms with E-state index in [9.17, 15) is 19.8 Å². The Hall–Kier alpha value is -3.02. The van der Waals surface area contributed by atoms with Gasteiger partial charge >= 0.3 is 0 Å². The molecule has 1 aliphatic rings. The fourth-order valence-corrected chi connectivity index (χ4v) is 3.23. The van der Waals surface area contributed by atoms with E-state index in [1.54, 1.807) is 18.2 Å². The predicted molar refractivity (Wildman–Crippen MR) is 94.8 cm³/mol. The molecule has 1 amide bonds. The largest absolute Gasteiger partial charge is 0.508 e. The lowest BCUT2D eigenvalue weighted by molar-refractivity contribution is -0.129. The number of hydrogen-bond donors (Lipinski definition) is 2. The Morgan fingerprint density at radius 2 is 2.00 bits per heavy atom. The summed E-state index contributed by atoms with van der Waals surface area (Å²) in [7, 11) is 0. The molecule has 1 aliphatic heterocycles. The van der Waals surface area contributed by atoms with Gasteiger partial charge in [0.15, 0.2) is 11.5 Å². The Balaban J connectivity index is 2.04. The van der Waals surface area contributed by atoms with Crippen LogP contribution < -0.4 is 0 Å². The van der Waals surface area contributed by atoms with Crippen LogP contribution >= 0.6 is 0 Å². The first-order valence-corrected chi connectivity index (χ1v) is 8.65. The number of rotatable bonds is 7. The van der Waals surface area contributed by atoms with Crippen LogP contribution in [0.4, 0.5) is 0 Å². The van der Waals surface area contributed by atoms with E-state index in [-0.39, 0.29) is 17.1 Å². The first kappa shape index (κ1) is 17.8. The van der Waals surface area contributed by atoms with Crippen molar-refractivity contribution in [2.75, 3.05) is 6.54 Å². The molecular formula is C20H21NO5. The smallest absolute Gasteiger partial charge is 0.290 e. The number of ketones is 1. The maximum absolute atomic E-state index is 12.9. The molecule has 6 nitrogen and oxygen atoms in total. The van der Waals surface area contributed by atoms with Crippen LogP contribution in [-0.4, -0.2) is 33.3 Å². The highest BCUT2D eigenvalue weighted by atomic mass is 16.3. The minimum Gasteiger partial charge on any atom is -0.508 e. The van der Waals surface area contributed by atoms with E-state index >= 15 is 0 Å². The summed E-state index contributed by atoms with van der Waals surface area (Å²) in [5.74, 6) is -1.59. The third-order valence-corrected chi connectivity index (χ3v) is 4.48. The van der Waals surface area contributed by atoms with Gasteiger partial charge in [0.2, 0.25) is 5.78 Å². The number of aliphatic hydroxyl groups excluding tert-OH is 1. The van der Waals surface area contributed by atoms with Crippen molar-refractivity contribution in [3.63, 3.8) is 0 Å². The molecule has 1 aromatic heterocycles. The SMILES string of the molecule is CCCCCN1C(=O)C(O)=C(C(=O)c2ccco2)C1c1cccc(O)c1. The molecule has 0 bridgehead atoms. The molecule has 6 heteroatoms. The summed E-state index contributed by atoms with van der Waals surface area (Å²) in [4.78, 5) is 27.0. The molecule has 2 aromatic rings. The predicted octanol–water partition coefficient (Wildman–Crippen LogP) is 3.75. The van der Waals surface area contributed by atoms with Crippen LogP contribution in [0.15, 0.2) is 58.4 Å². The highest BCUT2D eigenvalue weighted by Crippen LogP contribution is 2.39. The van der Waals surface area contributed by atoms with Crippen LogP contribution in [0, 0.1) is 0 Å². The molecule has 26 heavy (non-hydrogen) atoms. The number of Topliss-reactive ketones (excluding diaryl/α,β-unsaturated/α-hetero) is 1. The maximum Gasteiger partial charge on any atom is 0.290 e. The first-order valence-electron chi connectivity index (χ1n) is 8.65. The van der Waals surface area contributed by atoms with Crippen molar-refractivity contribution in [1.29, 1.82) is 0 Å². The molecule has 0 aliphatic carbocycles. The Morgan fingerprint density at radius 1 is 1.19 bits per heavy atom. The van der Waals surface area contributed by atoms with Gasteiger partial charge in [-0.15, -0.1) is 0 Å². The van der Waals surface area contributed by atoms with Gasteiger partial charge in [-0.25, -0.2) is 0 Å². The molecule has 136 valence electrons. The lowest BCUT2D eigenvalue weighted by Crippen LogP contribution is -2.32. The fourth-order valence-electron chi connectivity index (χ4n) is 3.23. The monoisotopic (exact) mass is 355 g/mol. The molecule has 0 saturated carbocycles. The van der Waals surface area contributed by atoms with E-state index in [0.717, 1.165) is 19.3 Å². The van der Waals surface area contributed by atoms with Crippen molar-refractivity contribution in [3.8, 4) is 5.75 Å². The van der Waals surface area contributed by atoms with Crippen LogP contribution in [0.5, 0.6) is 5.75 Å². The van der Waals surface area contributed by atoms with Crippen molar-refractivity contribution in [3.05, 3.63) is 65.3 Å². The summed E-state index contributed by atoms with van der Waals surface area (Å²) in [5, 5.41) is 20.2. The number of furan rings is 1. The summed E-state index contributed by atoms with van der Waals surface area (Å²) >= 11 is 0. The second-order valence-corrected chi connectivity index (χ2v) is 6.27. The van der Waals surface area contributed by atoms with Gasteiger partial charge < -0.3 is 19.5 Å². The standard InChI is InChI=1S/C20H21NO5/c1-2-3-4-10-21-17(13-7-5-8-14(22)12-13)16(19(24)20(21)25)18(23)15-9-6-11-26-15/h5-9,11-12,17,22,24H,2-4,10H2,1H3. The number of nitrogens with zero attached hydrogens (tertiary/aromatic N) is 1. The lowest BCUT2D eigenvalue weighted by Gasteiger charge is -2.26. The van der Waals surface area contributed by atoms with Gasteiger partial charge in [-0.2, -0.15) is 0 Å². The number of carbonyl (C=O) groups excluding carboxylic acids is 2. The van der Waals surface area contributed by atoms with Gasteiger partial charge in [0.1, 0.15) is 5.75 Å². The van der Waals surface area contributed by atoms with Gasteiger partial charge in [-0.3, -0.25) is 9.59 Å². The zero-order valence-electron chi connectivity index (χ0n) is 14.5. The highest BCUT2D eigenvalue weighted by Gasteiger charge is 2.44. The number of aliphatic hydroxyl groups is 1. The molecular weight excluding hydrogens is 334 g/mol. The van der Waals surface area contributed by atoms with Gasteiger partial charge in [-0.05, 0) is 36.2 Å². The minimum atomic E-state index is -0.760. The average Bonchev–Trinajstić information content (AvgIpc) is 3.24. The minimum absolute atomic E-state index is 0.0213. The van der Waals surface area contributed by atoms with Crippen molar-refractivity contribution in [1.82, 2.24) is 4.90 Å². The van der Waals surface area contributed by atoms with Gasteiger partial charge in [0.25, 0.3) is 5.91 Å². The highest BCUT2D eigenvalue weighted by molar-refractivity contribution is 6.15. The maximum atomic E-state index is 12.9. The van der Waals surface area contributed by atoms with E-state index in [1.165, 1.54) is 29.4 Å². The van der Waals surface area contributed by atoms with Crippen molar-refractivity contribution in [2.45, 2.75) is 32.2 Å². The molecule has 1 atom stereocenters. The van der Waals surface area contributed by atoms with E-state index in [4.69, 9.17) is 4.42 Å². The molecule has 1 aromatic carbocycles. The van der Waals surface area contributed by atoms with Crippen molar-refractivity contribution in [2.24, 2.45) is 0 Å². The van der Waals surface area contributed by atoms with Gasteiger partial charge in [0.05, 0.1) is 17.9 Å². The summed E-state index contributed by atoms with van der Waals surface area (Å²) in [6, 6.07) is 8.68. The van der Waals surface area contributed by atoms with Crippen LogP contribution in [0.2, 0.25) is 0 Å². The van der Waals surface area contributed by atoms with Gasteiger partial charge in [-0.1, -0.05) is 31.9 Å². The molecule has 0 fully saturated rings. The van der Waals surface area contributed by atoms with E-state index in [1.807, 2.05) is 0 Å². The van der Waals surface area contributed by atoms with E-state index < -0.39 is 23.5 Å².